The molecular formula is C11H14ClNO4S. The molecule has 0 amide bonds. The molecule has 0 aliphatic rings. The van der Waals surface area contributed by atoms with Crippen molar-refractivity contribution in [1.82, 2.24) is 4.72 Å². The van der Waals surface area contributed by atoms with Crippen LogP contribution in [-0.2, 0) is 14.8 Å². The fourth-order valence-electron chi connectivity index (χ4n) is 1.27. The van der Waals surface area contributed by atoms with Crippen LogP contribution in [0, 0.1) is 0 Å². The number of carbonyl (C=O) groups is 1. The number of carbonyl (C=O) groups excluding carboxylic acids is 1. The van der Waals surface area contributed by atoms with Crippen molar-refractivity contribution in [1.29, 1.82) is 0 Å². The zero-order valence-corrected chi connectivity index (χ0v) is 11.6. The lowest BCUT2D eigenvalue weighted by Gasteiger charge is -2.08. The van der Waals surface area contributed by atoms with Gasteiger partial charge < -0.3 is 4.74 Å². The molecule has 1 aromatic rings. The van der Waals surface area contributed by atoms with E-state index in [-0.39, 0.29) is 15.5 Å². The molecule has 0 unspecified atom stereocenters. The van der Waals surface area contributed by atoms with E-state index in [1.54, 1.807) is 0 Å². The maximum absolute atomic E-state index is 11.9. The zero-order valence-electron chi connectivity index (χ0n) is 10.1. The van der Waals surface area contributed by atoms with E-state index in [9.17, 15) is 13.2 Å². The van der Waals surface area contributed by atoms with Gasteiger partial charge in [-0.3, -0.25) is 0 Å². The summed E-state index contributed by atoms with van der Waals surface area (Å²) in [5.74, 6) is -0.612. The van der Waals surface area contributed by atoms with Gasteiger partial charge in [0.2, 0.25) is 10.0 Å². The second kappa shape index (κ2) is 6.17. The van der Waals surface area contributed by atoms with Gasteiger partial charge in [0.05, 0.1) is 17.7 Å². The molecule has 0 radical (unpaired) electrons. The number of nitrogens with one attached hydrogen (secondary N) is 1. The SMILES string of the molecule is CCCNS(=O)(=O)c1cc(C(=O)OC)ccc1Cl. The van der Waals surface area contributed by atoms with Crippen molar-refractivity contribution in [3.8, 4) is 0 Å². The summed E-state index contributed by atoms with van der Waals surface area (Å²) in [7, 11) is -2.48. The summed E-state index contributed by atoms with van der Waals surface area (Å²) in [5.41, 5.74) is 0.138. The molecular weight excluding hydrogens is 278 g/mol. The molecule has 0 atom stereocenters. The number of hydrogen-bond acceptors (Lipinski definition) is 4. The molecule has 0 aliphatic heterocycles. The molecule has 0 saturated heterocycles. The Kier molecular flexibility index (Phi) is 5.13. The number of methoxy groups -OCH3 is 1. The lowest BCUT2D eigenvalue weighted by molar-refractivity contribution is 0.0600. The first-order valence-corrected chi connectivity index (χ1v) is 7.16. The van der Waals surface area contributed by atoms with Crippen LogP contribution in [0.1, 0.15) is 23.7 Å². The molecule has 1 rings (SSSR count). The van der Waals surface area contributed by atoms with Gasteiger partial charge in [-0.2, -0.15) is 0 Å². The van der Waals surface area contributed by atoms with Crippen molar-refractivity contribution in [2.45, 2.75) is 18.2 Å². The highest BCUT2D eigenvalue weighted by atomic mass is 35.5. The van der Waals surface area contributed by atoms with Crippen LogP contribution in [0.2, 0.25) is 5.02 Å². The van der Waals surface area contributed by atoms with E-state index in [4.69, 9.17) is 11.6 Å². The lowest BCUT2D eigenvalue weighted by Crippen LogP contribution is -2.25. The minimum Gasteiger partial charge on any atom is -0.465 e. The highest BCUT2D eigenvalue weighted by Gasteiger charge is 2.19. The Labute approximate surface area is 111 Å². The van der Waals surface area contributed by atoms with Crippen LogP contribution >= 0.6 is 11.6 Å². The van der Waals surface area contributed by atoms with Gasteiger partial charge in [0, 0.05) is 6.54 Å². The van der Waals surface area contributed by atoms with E-state index in [0.29, 0.717) is 13.0 Å². The quantitative estimate of drug-likeness (QED) is 0.840. The van der Waals surface area contributed by atoms with Crippen molar-refractivity contribution in [2.75, 3.05) is 13.7 Å². The van der Waals surface area contributed by atoms with Crippen LogP contribution < -0.4 is 4.72 Å². The summed E-state index contributed by atoms with van der Waals surface area (Å²) in [6.45, 7) is 2.15. The van der Waals surface area contributed by atoms with Gasteiger partial charge in [-0.15, -0.1) is 0 Å². The second-order valence-corrected chi connectivity index (χ2v) is 5.68. The van der Waals surface area contributed by atoms with Gasteiger partial charge in [-0.1, -0.05) is 18.5 Å². The zero-order chi connectivity index (χ0) is 13.8. The maximum atomic E-state index is 11.9. The van der Waals surface area contributed by atoms with E-state index in [2.05, 4.69) is 9.46 Å². The van der Waals surface area contributed by atoms with Gasteiger partial charge in [0.25, 0.3) is 0 Å². The van der Waals surface area contributed by atoms with Gasteiger partial charge in [0.1, 0.15) is 4.90 Å². The average Bonchev–Trinajstić information content (AvgIpc) is 2.35. The Morgan fingerprint density at radius 2 is 2.11 bits per heavy atom. The molecule has 18 heavy (non-hydrogen) atoms. The summed E-state index contributed by atoms with van der Waals surface area (Å²) in [6.07, 6.45) is 0.660. The number of halogens is 1. The van der Waals surface area contributed by atoms with Gasteiger partial charge in [-0.05, 0) is 24.6 Å². The Bertz CT molecular complexity index is 542. The van der Waals surface area contributed by atoms with Crippen LogP contribution in [0.4, 0.5) is 0 Å². The first-order valence-electron chi connectivity index (χ1n) is 5.30. The predicted octanol–water partition coefficient (Wildman–Crippen LogP) is 1.81. The number of rotatable bonds is 5. The van der Waals surface area contributed by atoms with Gasteiger partial charge in [-0.25, -0.2) is 17.9 Å². The summed E-state index contributed by atoms with van der Waals surface area (Å²) in [4.78, 5) is 11.2. The van der Waals surface area contributed by atoms with E-state index in [0.717, 1.165) is 0 Å². The Morgan fingerprint density at radius 3 is 2.67 bits per heavy atom. The second-order valence-electron chi connectivity index (χ2n) is 3.53. The number of hydrogen-bond donors (Lipinski definition) is 1. The number of benzene rings is 1. The summed E-state index contributed by atoms with van der Waals surface area (Å²) in [6, 6.07) is 3.97. The van der Waals surface area contributed by atoms with Crippen molar-refractivity contribution < 1.29 is 17.9 Å². The number of ether oxygens (including phenoxy) is 1. The molecule has 7 heteroatoms. The van der Waals surface area contributed by atoms with Crippen molar-refractivity contribution in [3.63, 3.8) is 0 Å². The van der Waals surface area contributed by atoms with E-state index >= 15 is 0 Å². The fraction of sp³-hybridized carbons (Fsp3) is 0.364. The largest absolute Gasteiger partial charge is 0.465 e. The Balaban J connectivity index is 3.19. The normalized spacial score (nSPS) is 11.3. The van der Waals surface area contributed by atoms with Gasteiger partial charge >= 0.3 is 5.97 Å². The molecule has 0 fully saturated rings. The monoisotopic (exact) mass is 291 g/mol. The van der Waals surface area contributed by atoms with Crippen LogP contribution in [0.15, 0.2) is 23.1 Å². The highest BCUT2D eigenvalue weighted by Crippen LogP contribution is 2.22. The number of sulfonamides is 1. The molecule has 0 aromatic heterocycles. The summed E-state index contributed by atoms with van der Waals surface area (Å²) >= 11 is 5.84. The molecule has 5 nitrogen and oxygen atoms in total. The first kappa shape index (κ1) is 14.9. The standard InChI is InChI=1S/C11H14ClNO4S/c1-3-6-13-18(15,16)10-7-8(11(14)17-2)4-5-9(10)12/h4-5,7,13H,3,6H2,1-2H3. The lowest BCUT2D eigenvalue weighted by atomic mass is 10.2. The van der Waals surface area contributed by atoms with Crippen LogP contribution in [0.25, 0.3) is 0 Å². The van der Waals surface area contributed by atoms with E-state index in [1.165, 1.54) is 25.3 Å². The molecule has 1 N–H and O–H groups in total. The smallest absolute Gasteiger partial charge is 0.337 e. The average molecular weight is 292 g/mol. The molecule has 1 aromatic carbocycles. The van der Waals surface area contributed by atoms with Crippen LogP contribution in [0.3, 0.4) is 0 Å². The maximum Gasteiger partial charge on any atom is 0.337 e. The van der Waals surface area contributed by atoms with Crippen molar-refractivity contribution in [2.24, 2.45) is 0 Å². The van der Waals surface area contributed by atoms with Crippen molar-refractivity contribution >= 4 is 27.6 Å². The summed E-state index contributed by atoms with van der Waals surface area (Å²) in [5, 5.41) is 0.0613. The predicted molar refractivity (Wildman–Crippen MR) is 68.3 cm³/mol. The Hall–Kier alpha value is -1.11. The fourth-order valence-corrected chi connectivity index (χ4v) is 2.93. The number of esters is 1. The topological polar surface area (TPSA) is 72.5 Å². The van der Waals surface area contributed by atoms with Crippen molar-refractivity contribution in [3.05, 3.63) is 28.8 Å². The third-order valence-electron chi connectivity index (χ3n) is 2.18. The van der Waals surface area contributed by atoms with Crippen LogP contribution in [-0.4, -0.2) is 28.0 Å². The molecule has 0 spiro atoms. The minimum absolute atomic E-state index is 0.0613. The third kappa shape index (κ3) is 3.44. The van der Waals surface area contributed by atoms with E-state index in [1.807, 2.05) is 6.92 Å². The molecule has 0 heterocycles. The molecule has 0 bridgehead atoms. The third-order valence-corrected chi connectivity index (χ3v) is 4.13. The first-order chi connectivity index (χ1) is 8.42. The molecule has 0 aliphatic carbocycles. The minimum atomic E-state index is -3.71. The van der Waals surface area contributed by atoms with Gasteiger partial charge in [0.15, 0.2) is 0 Å². The van der Waals surface area contributed by atoms with Crippen LogP contribution in [0.5, 0.6) is 0 Å². The molecule has 0 saturated carbocycles. The Morgan fingerprint density at radius 1 is 1.44 bits per heavy atom. The summed E-state index contributed by atoms with van der Waals surface area (Å²) < 4.78 is 30.8. The molecule has 100 valence electrons. The highest BCUT2D eigenvalue weighted by molar-refractivity contribution is 7.89. The van der Waals surface area contributed by atoms with E-state index < -0.39 is 16.0 Å².